The molecule has 58 heavy (non-hydrogen) atoms. The van der Waals surface area contributed by atoms with Crippen LogP contribution in [-0.2, 0) is 43.3 Å². The minimum atomic E-state index is -1.14. The quantitative estimate of drug-likeness (QED) is 0.182. The number of benzene rings is 2. The number of rotatable bonds is 7. The maximum Gasteiger partial charge on any atom is 0.326 e. The number of hydrazine groups is 1. The van der Waals surface area contributed by atoms with Crippen molar-refractivity contribution >= 4 is 28.6 Å². The van der Waals surface area contributed by atoms with Crippen molar-refractivity contribution in [2.24, 2.45) is 5.41 Å². The number of ether oxygens (including phenoxy) is 1. The smallest absolute Gasteiger partial charge is 0.326 e. The number of likely N-dealkylation sites (N-methyl/N-ethyl adjacent to an activating group) is 1. The van der Waals surface area contributed by atoms with E-state index in [-0.39, 0.29) is 43.0 Å². The first kappa shape index (κ1) is 42.0. The van der Waals surface area contributed by atoms with Crippen LogP contribution < -0.4 is 10.7 Å². The topological polar surface area (TPSA) is 158 Å². The van der Waals surface area contributed by atoms with E-state index in [0.717, 1.165) is 44.5 Å². The molecule has 1 fully saturated rings. The molecule has 1 saturated heterocycles. The van der Waals surface area contributed by atoms with Crippen LogP contribution in [0.4, 0.5) is 0 Å². The number of phenolic OH excluding ortho intramolecular Hbond substituents is 1. The Hall–Kier alpha value is -5.60. The Bertz CT molecular complexity index is 2280. The van der Waals surface area contributed by atoms with E-state index >= 15 is 0 Å². The van der Waals surface area contributed by atoms with Gasteiger partial charge in [0, 0.05) is 75.1 Å². The van der Waals surface area contributed by atoms with E-state index in [1.165, 1.54) is 23.9 Å². The highest BCUT2D eigenvalue weighted by atomic mass is 16.8. The van der Waals surface area contributed by atoms with Gasteiger partial charge in [-0.1, -0.05) is 26.0 Å². The molecule has 3 amide bonds. The van der Waals surface area contributed by atoms with Gasteiger partial charge in [-0.25, -0.2) is 4.84 Å². The van der Waals surface area contributed by atoms with Gasteiger partial charge in [-0.05, 0) is 105 Å². The lowest BCUT2D eigenvalue weighted by atomic mass is 9.84. The van der Waals surface area contributed by atoms with Gasteiger partial charge >= 0.3 is 6.17 Å². The van der Waals surface area contributed by atoms with Crippen LogP contribution in [0.3, 0.4) is 0 Å². The highest BCUT2D eigenvalue weighted by Gasteiger charge is 2.40. The van der Waals surface area contributed by atoms with E-state index in [4.69, 9.17) is 14.6 Å². The number of carbonyl (C=O) groups excluding carboxylic acids is 3. The first-order valence-electron chi connectivity index (χ1n) is 19.9. The number of hydrogen-bond donors (Lipinski definition) is 3. The first-order chi connectivity index (χ1) is 27.5. The highest BCUT2D eigenvalue weighted by molar-refractivity contribution is 6.00. The molecule has 0 saturated carbocycles. The van der Waals surface area contributed by atoms with E-state index in [1.807, 2.05) is 25.1 Å². The van der Waals surface area contributed by atoms with Crippen LogP contribution in [0.2, 0.25) is 0 Å². The Morgan fingerprint density at radius 2 is 1.91 bits per heavy atom. The summed E-state index contributed by atoms with van der Waals surface area (Å²) in [6, 6.07) is 14.3. The third-order valence-electron chi connectivity index (χ3n) is 11.1. The highest BCUT2D eigenvalue weighted by Crippen LogP contribution is 2.42. The minimum Gasteiger partial charge on any atom is -0.508 e. The molecule has 4 aromatic rings. The number of phenols is 1. The van der Waals surface area contributed by atoms with Gasteiger partial charge in [0.1, 0.15) is 17.5 Å². The van der Waals surface area contributed by atoms with Crippen LogP contribution in [0.5, 0.6) is 5.75 Å². The van der Waals surface area contributed by atoms with Gasteiger partial charge in [-0.2, -0.15) is 5.43 Å². The largest absolute Gasteiger partial charge is 0.508 e. The fourth-order valence-electron chi connectivity index (χ4n) is 8.09. The summed E-state index contributed by atoms with van der Waals surface area (Å²) in [5.41, 5.74) is 10.2. The number of carbonyl (C=O) groups is 3. The Labute approximate surface area is 339 Å². The lowest BCUT2D eigenvalue weighted by Gasteiger charge is -2.32. The molecule has 0 unspecified atom stereocenters. The summed E-state index contributed by atoms with van der Waals surface area (Å²) in [5, 5.41) is 16.4. The lowest BCUT2D eigenvalue weighted by molar-refractivity contribution is -0.835. The maximum atomic E-state index is 14.4. The monoisotopic (exact) mass is 794 g/mol. The summed E-state index contributed by atoms with van der Waals surface area (Å²) in [4.78, 5) is 66.9. The number of methoxy groups -OCH3 is 1. The number of aromatic hydroxyl groups is 1. The van der Waals surface area contributed by atoms with Gasteiger partial charge in [-0.15, -0.1) is 0 Å². The second-order valence-corrected chi connectivity index (χ2v) is 16.3. The number of fused-ring (bicyclic) bond motifs is 6. The van der Waals surface area contributed by atoms with Gasteiger partial charge in [0.05, 0.1) is 22.4 Å². The molecule has 0 aliphatic carbocycles. The van der Waals surface area contributed by atoms with E-state index < -0.39 is 29.4 Å². The first-order valence-corrected chi connectivity index (χ1v) is 19.9. The predicted molar refractivity (Wildman–Crippen MR) is 221 cm³/mol. The van der Waals surface area contributed by atoms with Gasteiger partial charge in [-0.3, -0.25) is 24.4 Å². The summed E-state index contributed by atoms with van der Waals surface area (Å²) in [6.45, 7) is 14.1. The molecular formula is C44H56N7O7+. The molecule has 2 aromatic heterocycles. The number of aromatic nitrogens is 2. The number of allylic oxidation sites excluding steroid dienone is 1. The number of nitrogens with zero attached hydrogens (tertiary/aromatic N) is 5. The van der Waals surface area contributed by atoms with Crippen LogP contribution in [0.15, 0.2) is 66.0 Å². The zero-order valence-corrected chi connectivity index (χ0v) is 35.0. The number of amides is 3. The number of aryl methyl sites for hydroxylation is 1. The molecule has 0 radical (unpaired) electrons. The van der Waals surface area contributed by atoms with Gasteiger partial charge in [0.25, 0.3) is 11.8 Å². The average molecular weight is 795 g/mol. The van der Waals surface area contributed by atoms with Gasteiger partial charge < -0.3 is 24.6 Å². The molecule has 308 valence electrons. The summed E-state index contributed by atoms with van der Waals surface area (Å²) in [6.07, 6.45) is 2.10. The summed E-state index contributed by atoms with van der Waals surface area (Å²) >= 11 is 0. The van der Waals surface area contributed by atoms with Crippen LogP contribution in [-0.4, -0.2) is 86.7 Å². The van der Waals surface area contributed by atoms with Crippen molar-refractivity contribution in [3.63, 3.8) is 0 Å². The normalized spacial score (nSPS) is 18.9. The van der Waals surface area contributed by atoms with Crippen molar-refractivity contribution in [2.45, 2.75) is 99.0 Å². The molecular weight excluding hydrogens is 739 g/mol. The van der Waals surface area contributed by atoms with E-state index in [2.05, 4.69) is 54.3 Å². The zero-order valence-electron chi connectivity index (χ0n) is 35.0. The molecule has 0 spiro atoms. The lowest BCUT2D eigenvalue weighted by Crippen LogP contribution is -2.61. The fourth-order valence-corrected chi connectivity index (χ4v) is 8.09. The Balaban J connectivity index is 1.54. The van der Waals surface area contributed by atoms with Crippen molar-refractivity contribution in [1.82, 2.24) is 30.2 Å². The zero-order chi connectivity index (χ0) is 42.1. The average Bonchev–Trinajstić information content (AvgIpc) is 3.49. The van der Waals surface area contributed by atoms with Crippen molar-refractivity contribution in [3.8, 4) is 28.1 Å². The molecule has 2 aliphatic rings. The third-order valence-corrected chi connectivity index (χ3v) is 11.1. The van der Waals surface area contributed by atoms with E-state index in [1.54, 1.807) is 39.3 Å². The van der Waals surface area contributed by atoms with Crippen LogP contribution >= 0.6 is 0 Å². The minimum absolute atomic E-state index is 0.00198. The number of pyridine rings is 1. The number of nitrogens with one attached hydrogen (secondary N) is 2. The van der Waals surface area contributed by atoms with Crippen LogP contribution in [0.25, 0.3) is 33.3 Å². The molecule has 14 nitrogen and oxygen atoms in total. The molecule has 2 aromatic carbocycles. The third kappa shape index (κ3) is 8.63. The van der Waals surface area contributed by atoms with Crippen molar-refractivity contribution in [3.05, 3.63) is 87.7 Å². The molecule has 3 atom stereocenters. The van der Waals surface area contributed by atoms with Crippen molar-refractivity contribution in [2.75, 3.05) is 27.3 Å². The molecule has 6 rings (SSSR count). The van der Waals surface area contributed by atoms with Crippen molar-refractivity contribution in [1.29, 1.82) is 0 Å². The van der Waals surface area contributed by atoms with Crippen LogP contribution in [0.1, 0.15) is 84.2 Å². The van der Waals surface area contributed by atoms with E-state index in [0.29, 0.717) is 41.9 Å². The second-order valence-electron chi connectivity index (χ2n) is 16.3. The van der Waals surface area contributed by atoms with E-state index in [9.17, 15) is 24.4 Å². The number of hydrogen-bond acceptors (Lipinski definition) is 9. The molecule has 6 bridgehead atoms. The van der Waals surface area contributed by atoms with Gasteiger partial charge in [0.2, 0.25) is 10.8 Å². The van der Waals surface area contributed by atoms with Gasteiger partial charge in [0.15, 0.2) is 6.61 Å². The Kier molecular flexibility index (Phi) is 12.4. The van der Waals surface area contributed by atoms with Crippen molar-refractivity contribution < 1.29 is 34.0 Å². The summed E-state index contributed by atoms with van der Waals surface area (Å²) < 4.78 is 8.07. The van der Waals surface area contributed by atoms with Crippen LogP contribution in [0, 0.1) is 10.3 Å². The molecule has 2 aliphatic heterocycles. The Morgan fingerprint density at radius 1 is 1.16 bits per heavy atom. The standard InChI is InChI=1S/C44H55N7O7/c1-10-49-37-16-15-30-23-34(37)35(41(49)33-13-11-17-45-39(33)27(4)57-9)24-44(6,7)25-58-51(56)38-14-12-18-50(47-38)43(55)36(21-29-19-31(30)22-32(53)20-29)46-42(54)40(26(2)3)48(8)28(5)52/h11,13,15-17,19-20,22-23,27,36,38,47H,10,12,14,18,21,24-25H2,1-9H3,(H-,46,53,54)/p+1/t27-,36-,38+/m0/s1. The second kappa shape index (κ2) is 17.1. The Morgan fingerprint density at radius 3 is 2.60 bits per heavy atom. The summed E-state index contributed by atoms with van der Waals surface area (Å²) in [5.74, 6) is -1.42. The maximum absolute atomic E-state index is 14.4. The molecule has 4 heterocycles. The molecule has 3 N–H and O–H groups in total. The fraction of sp³-hybridized carbons (Fsp3) is 0.455. The molecule has 14 heteroatoms. The summed E-state index contributed by atoms with van der Waals surface area (Å²) in [7, 11) is 3.18. The predicted octanol–water partition coefficient (Wildman–Crippen LogP) is 6.35. The SMILES string of the molecule is CCn1c(-c2cccnc2[C@H](C)OC)c2c3cc(ccc31)-c1cc(O)cc(c1)C[C@H](NC(=O)C(=C(C)C)N(C)C(C)=O)C(=O)N1CCC[C@H](N1)[N+](=O)OCC(C)(C)C2.